The monoisotopic (exact) mass is 266 g/mol. The molecule has 2 aromatic heterocycles. The van der Waals surface area contributed by atoms with E-state index >= 15 is 0 Å². The molecule has 0 aromatic carbocycles. The third-order valence-electron chi connectivity index (χ3n) is 2.58. The number of nitrogens with zero attached hydrogens (tertiary/aromatic N) is 1. The number of furan rings is 1. The fourth-order valence-corrected chi connectivity index (χ4v) is 2.34. The predicted molar refractivity (Wildman–Crippen MR) is 68.5 cm³/mol. The minimum atomic E-state index is -0.0936. The smallest absolute Gasteiger partial charge is 0.307 e. The van der Waals surface area contributed by atoms with Crippen molar-refractivity contribution in [2.45, 2.75) is 26.4 Å². The highest BCUT2D eigenvalue weighted by Gasteiger charge is 2.06. The Bertz CT molecular complexity index is 568. The fraction of sp³-hybridized carbons (Fsp3) is 0.333. The number of hydrogen-bond donors (Lipinski definition) is 1. The van der Waals surface area contributed by atoms with Crippen molar-refractivity contribution in [1.29, 1.82) is 0 Å². The Morgan fingerprint density at radius 1 is 1.56 bits per heavy atom. The molecule has 0 atom stereocenters. The molecule has 2 aromatic rings. The number of hydrogen-bond acceptors (Lipinski definition) is 4. The van der Waals surface area contributed by atoms with Crippen LogP contribution in [0, 0.1) is 6.92 Å². The Labute approximate surface area is 108 Å². The highest BCUT2D eigenvalue weighted by molar-refractivity contribution is 7.07. The second-order valence-electron chi connectivity index (χ2n) is 3.90. The van der Waals surface area contributed by atoms with Crippen molar-refractivity contribution in [3.63, 3.8) is 0 Å². The van der Waals surface area contributed by atoms with Gasteiger partial charge in [-0.1, -0.05) is 11.3 Å². The summed E-state index contributed by atoms with van der Waals surface area (Å²) in [6.45, 7) is 2.65. The first-order valence-electron chi connectivity index (χ1n) is 5.61. The van der Waals surface area contributed by atoms with Crippen LogP contribution in [0.2, 0.25) is 0 Å². The summed E-state index contributed by atoms with van der Waals surface area (Å²) in [5.74, 6) is 0.621. The van der Waals surface area contributed by atoms with Crippen molar-refractivity contribution in [3.8, 4) is 0 Å². The van der Waals surface area contributed by atoms with Crippen molar-refractivity contribution in [2.24, 2.45) is 0 Å². The van der Waals surface area contributed by atoms with Crippen molar-refractivity contribution < 1.29 is 9.21 Å². The highest BCUT2D eigenvalue weighted by Crippen LogP contribution is 2.02. The summed E-state index contributed by atoms with van der Waals surface area (Å²) in [7, 11) is 0. The van der Waals surface area contributed by atoms with Crippen LogP contribution in [0.1, 0.15) is 17.9 Å². The van der Waals surface area contributed by atoms with E-state index < -0.39 is 0 Å². The van der Waals surface area contributed by atoms with Crippen molar-refractivity contribution in [2.75, 3.05) is 0 Å². The summed E-state index contributed by atoms with van der Waals surface area (Å²) in [6, 6.07) is 3.57. The van der Waals surface area contributed by atoms with Crippen LogP contribution in [0.3, 0.4) is 0 Å². The molecule has 0 unspecified atom stereocenters. The lowest BCUT2D eigenvalue weighted by molar-refractivity contribution is -0.121. The number of amides is 1. The molecule has 0 aliphatic rings. The number of carbonyl (C=O) groups is 1. The predicted octanol–water partition coefficient (Wildman–Crippen LogP) is 1.52. The van der Waals surface area contributed by atoms with Gasteiger partial charge in [-0.25, -0.2) is 0 Å². The van der Waals surface area contributed by atoms with Crippen molar-refractivity contribution in [1.82, 2.24) is 9.88 Å². The maximum Gasteiger partial charge on any atom is 0.307 e. The lowest BCUT2D eigenvalue weighted by Gasteiger charge is -2.05. The first-order valence-corrected chi connectivity index (χ1v) is 6.49. The Kier molecular flexibility index (Phi) is 3.99. The van der Waals surface area contributed by atoms with E-state index in [0.717, 1.165) is 17.0 Å². The molecule has 0 aliphatic carbocycles. The molecule has 0 spiro atoms. The Hall–Kier alpha value is -1.82. The number of nitrogens with one attached hydrogen (secondary N) is 1. The maximum absolute atomic E-state index is 11.6. The Morgan fingerprint density at radius 2 is 2.39 bits per heavy atom. The summed E-state index contributed by atoms with van der Waals surface area (Å²) in [4.78, 5) is 23.0. The third kappa shape index (κ3) is 3.10. The molecule has 0 fully saturated rings. The zero-order chi connectivity index (χ0) is 13.0. The van der Waals surface area contributed by atoms with Gasteiger partial charge in [0.15, 0.2) is 0 Å². The van der Waals surface area contributed by atoms with E-state index in [1.807, 2.05) is 6.92 Å². The molecule has 2 rings (SSSR count). The molecule has 96 valence electrons. The van der Waals surface area contributed by atoms with Gasteiger partial charge in [-0.15, -0.1) is 0 Å². The Balaban J connectivity index is 1.80. The normalized spacial score (nSPS) is 10.5. The zero-order valence-corrected chi connectivity index (χ0v) is 10.8. The van der Waals surface area contributed by atoms with Gasteiger partial charge < -0.3 is 14.3 Å². The van der Waals surface area contributed by atoms with Crippen LogP contribution in [0.5, 0.6) is 0 Å². The molecular weight excluding hydrogens is 252 g/mol. The fourth-order valence-electron chi connectivity index (χ4n) is 1.58. The van der Waals surface area contributed by atoms with E-state index in [4.69, 9.17) is 4.42 Å². The van der Waals surface area contributed by atoms with E-state index in [-0.39, 0.29) is 17.2 Å². The van der Waals surface area contributed by atoms with Crippen LogP contribution in [0.4, 0.5) is 0 Å². The average Bonchev–Trinajstić information content (AvgIpc) is 2.96. The first kappa shape index (κ1) is 12.6. The SMILES string of the molecule is Cc1csc(=O)n1CCC(=O)NCc1ccco1. The van der Waals surface area contributed by atoms with Crippen LogP contribution in [0.25, 0.3) is 0 Å². The van der Waals surface area contributed by atoms with Gasteiger partial charge >= 0.3 is 4.87 Å². The molecule has 0 saturated heterocycles. The minimum Gasteiger partial charge on any atom is -0.467 e. The van der Waals surface area contributed by atoms with Crippen molar-refractivity contribution >= 4 is 17.2 Å². The highest BCUT2D eigenvalue weighted by atomic mass is 32.1. The zero-order valence-electron chi connectivity index (χ0n) is 10.0. The maximum atomic E-state index is 11.6. The molecule has 1 amide bonds. The standard InChI is InChI=1S/C12H14N2O3S/c1-9-8-18-12(16)14(9)5-4-11(15)13-7-10-3-2-6-17-10/h2-3,6,8H,4-5,7H2,1H3,(H,13,15). The quantitative estimate of drug-likeness (QED) is 0.892. The second-order valence-corrected chi connectivity index (χ2v) is 4.72. The van der Waals surface area contributed by atoms with Crippen molar-refractivity contribution in [3.05, 3.63) is 44.9 Å². The van der Waals surface area contributed by atoms with Gasteiger partial charge in [0, 0.05) is 24.0 Å². The van der Waals surface area contributed by atoms with E-state index in [9.17, 15) is 9.59 Å². The van der Waals surface area contributed by atoms with Gasteiger partial charge in [-0.3, -0.25) is 9.59 Å². The van der Waals surface area contributed by atoms with Crippen LogP contribution in [-0.4, -0.2) is 10.5 Å². The molecule has 1 N–H and O–H groups in total. The molecule has 6 heteroatoms. The molecular formula is C12H14N2O3S. The minimum absolute atomic E-state index is 0.0219. The van der Waals surface area contributed by atoms with Gasteiger partial charge in [0.25, 0.3) is 0 Å². The summed E-state index contributed by atoms with van der Waals surface area (Å²) < 4.78 is 6.71. The molecule has 5 nitrogen and oxygen atoms in total. The molecule has 0 saturated carbocycles. The molecule has 0 radical (unpaired) electrons. The summed E-state index contributed by atoms with van der Waals surface area (Å²) in [5.41, 5.74) is 0.892. The van der Waals surface area contributed by atoms with Gasteiger partial charge in [-0.05, 0) is 19.1 Å². The number of carbonyl (C=O) groups excluding carboxylic acids is 1. The Morgan fingerprint density at radius 3 is 3.00 bits per heavy atom. The number of thiazole rings is 1. The van der Waals surface area contributed by atoms with Gasteiger partial charge in [0.05, 0.1) is 12.8 Å². The van der Waals surface area contributed by atoms with E-state index in [1.54, 1.807) is 28.3 Å². The number of aryl methyl sites for hydroxylation is 1. The summed E-state index contributed by atoms with van der Waals surface area (Å²) in [5, 5.41) is 4.54. The molecule has 2 heterocycles. The number of rotatable bonds is 5. The summed E-state index contributed by atoms with van der Waals surface area (Å²) >= 11 is 1.15. The summed E-state index contributed by atoms with van der Waals surface area (Å²) in [6.07, 6.45) is 1.86. The van der Waals surface area contributed by atoms with Crippen LogP contribution in [0.15, 0.2) is 33.0 Å². The lowest BCUT2D eigenvalue weighted by atomic mass is 10.3. The molecule has 0 bridgehead atoms. The second kappa shape index (κ2) is 5.68. The lowest BCUT2D eigenvalue weighted by Crippen LogP contribution is -2.25. The topological polar surface area (TPSA) is 64.2 Å². The van der Waals surface area contributed by atoms with E-state index in [2.05, 4.69) is 5.32 Å². The largest absolute Gasteiger partial charge is 0.467 e. The van der Waals surface area contributed by atoms with Crippen LogP contribution < -0.4 is 10.2 Å². The van der Waals surface area contributed by atoms with Gasteiger partial charge in [-0.2, -0.15) is 0 Å². The van der Waals surface area contributed by atoms with Gasteiger partial charge in [0.2, 0.25) is 5.91 Å². The average molecular weight is 266 g/mol. The molecule has 0 aliphatic heterocycles. The van der Waals surface area contributed by atoms with E-state index in [1.165, 1.54) is 0 Å². The molecule has 18 heavy (non-hydrogen) atoms. The van der Waals surface area contributed by atoms with E-state index in [0.29, 0.717) is 18.8 Å². The third-order valence-corrected chi connectivity index (χ3v) is 3.46. The first-order chi connectivity index (χ1) is 8.66. The van der Waals surface area contributed by atoms with Crippen LogP contribution in [-0.2, 0) is 17.9 Å². The van der Waals surface area contributed by atoms with Crippen LogP contribution >= 0.6 is 11.3 Å². The van der Waals surface area contributed by atoms with Gasteiger partial charge in [0.1, 0.15) is 5.76 Å². The number of aromatic nitrogens is 1.